The number of ether oxygens (including phenoxy) is 1. The second-order valence-corrected chi connectivity index (χ2v) is 6.01. The predicted octanol–water partition coefficient (Wildman–Crippen LogP) is 4.13. The zero-order valence-corrected chi connectivity index (χ0v) is 14.0. The molecule has 1 aromatic carbocycles. The molecule has 0 spiro atoms. The van der Waals surface area contributed by atoms with E-state index in [0.717, 1.165) is 26.0 Å². The maximum Gasteiger partial charge on any atom is 0.0462 e. The molecule has 0 aliphatic rings. The van der Waals surface area contributed by atoms with E-state index in [1.807, 2.05) is 0 Å². The summed E-state index contributed by atoms with van der Waals surface area (Å²) in [6, 6.07) is 6.88. The van der Waals surface area contributed by atoms with E-state index < -0.39 is 0 Å². The molecular weight excluding hydrogens is 393 g/mol. The van der Waals surface area contributed by atoms with Crippen LogP contribution < -0.4 is 5.32 Å². The fourth-order valence-electron chi connectivity index (χ4n) is 1.83. The molecule has 0 bridgehead atoms. The monoisotopic (exact) mass is 411 g/mol. The Kier molecular flexibility index (Phi) is 7.66. The van der Waals surface area contributed by atoms with Crippen molar-refractivity contribution in [3.63, 3.8) is 0 Å². The van der Waals surface area contributed by atoms with Gasteiger partial charge in [-0.3, -0.25) is 0 Å². The maximum absolute atomic E-state index is 5.12. The van der Waals surface area contributed by atoms with Crippen LogP contribution in [0.4, 0.5) is 0 Å². The molecule has 0 amide bonds. The zero-order valence-electron chi connectivity index (χ0n) is 10.3. The largest absolute Gasteiger partial charge is 0.385 e. The molecule has 1 unspecified atom stereocenters. The van der Waals surface area contributed by atoms with E-state index >= 15 is 0 Å². The molecule has 0 aliphatic carbocycles. The summed E-state index contributed by atoms with van der Waals surface area (Å²) in [5.41, 5.74) is 1.34. The zero-order chi connectivity index (χ0) is 12.7. The first-order valence-corrected chi connectivity index (χ1v) is 7.73. The Labute approximate surface area is 126 Å². The van der Waals surface area contributed by atoms with Crippen molar-refractivity contribution in [1.82, 2.24) is 5.32 Å². The van der Waals surface area contributed by atoms with Gasteiger partial charge in [-0.15, -0.1) is 0 Å². The molecule has 1 rings (SSSR count). The lowest BCUT2D eigenvalue weighted by atomic mass is 10.0. The van der Waals surface area contributed by atoms with Gasteiger partial charge in [-0.05, 0) is 65.7 Å². The number of hydrogen-bond donors (Lipinski definition) is 1. The van der Waals surface area contributed by atoms with Gasteiger partial charge in [-0.1, -0.05) is 22.9 Å². The lowest BCUT2D eigenvalue weighted by molar-refractivity contribution is 0.189. The van der Waals surface area contributed by atoms with Crippen LogP contribution in [0.5, 0.6) is 0 Å². The van der Waals surface area contributed by atoms with E-state index in [1.54, 1.807) is 7.11 Å². The Morgan fingerprint density at radius 3 is 2.88 bits per heavy atom. The highest BCUT2D eigenvalue weighted by molar-refractivity contribution is 14.1. The average Bonchev–Trinajstić information content (AvgIpc) is 2.32. The minimum Gasteiger partial charge on any atom is -0.385 e. The Hall–Kier alpha value is 0.350. The van der Waals surface area contributed by atoms with Crippen LogP contribution in [0.25, 0.3) is 0 Å². The first kappa shape index (κ1) is 15.4. The highest BCUT2D eigenvalue weighted by Crippen LogP contribution is 2.28. The van der Waals surface area contributed by atoms with Gasteiger partial charge in [-0.2, -0.15) is 0 Å². The molecule has 2 nitrogen and oxygen atoms in total. The van der Waals surface area contributed by atoms with E-state index in [4.69, 9.17) is 4.74 Å². The third kappa shape index (κ3) is 5.24. The summed E-state index contributed by atoms with van der Waals surface area (Å²) in [4.78, 5) is 0. The van der Waals surface area contributed by atoms with E-state index in [0.29, 0.717) is 6.04 Å². The summed E-state index contributed by atoms with van der Waals surface area (Å²) in [5.74, 6) is 0. The summed E-state index contributed by atoms with van der Waals surface area (Å²) < 4.78 is 7.57. The molecule has 1 N–H and O–H groups in total. The number of benzene rings is 1. The van der Waals surface area contributed by atoms with Gasteiger partial charge < -0.3 is 10.1 Å². The van der Waals surface area contributed by atoms with Gasteiger partial charge in [0.25, 0.3) is 0 Å². The fraction of sp³-hybridized carbons (Fsp3) is 0.538. The van der Waals surface area contributed by atoms with Crippen molar-refractivity contribution in [3.8, 4) is 0 Å². The van der Waals surface area contributed by atoms with Crippen molar-refractivity contribution in [2.75, 3.05) is 20.3 Å². The summed E-state index contributed by atoms with van der Waals surface area (Å²) in [6.07, 6.45) is 2.17. The second-order valence-electron chi connectivity index (χ2n) is 3.91. The smallest absolute Gasteiger partial charge is 0.0462 e. The highest BCUT2D eigenvalue weighted by Gasteiger charge is 2.13. The first-order valence-electron chi connectivity index (χ1n) is 5.86. The van der Waals surface area contributed by atoms with Crippen molar-refractivity contribution < 1.29 is 4.74 Å². The van der Waals surface area contributed by atoms with E-state index in [9.17, 15) is 0 Å². The second kappa shape index (κ2) is 8.45. The van der Waals surface area contributed by atoms with Crippen LogP contribution in [0.1, 0.15) is 31.4 Å². The van der Waals surface area contributed by atoms with Crippen LogP contribution in [0.15, 0.2) is 22.7 Å². The van der Waals surface area contributed by atoms with Gasteiger partial charge in [0.05, 0.1) is 0 Å². The van der Waals surface area contributed by atoms with Crippen molar-refractivity contribution >= 4 is 38.5 Å². The summed E-state index contributed by atoms with van der Waals surface area (Å²) in [7, 11) is 1.75. The first-order chi connectivity index (χ1) is 8.19. The fourth-order valence-corrected chi connectivity index (χ4v) is 2.87. The Morgan fingerprint density at radius 2 is 2.24 bits per heavy atom. The normalized spacial score (nSPS) is 12.7. The molecule has 17 heavy (non-hydrogen) atoms. The van der Waals surface area contributed by atoms with E-state index in [2.05, 4.69) is 69.0 Å². The lowest BCUT2D eigenvalue weighted by Gasteiger charge is -2.20. The summed E-state index contributed by atoms with van der Waals surface area (Å²) >= 11 is 5.99. The third-order valence-electron chi connectivity index (χ3n) is 2.63. The molecule has 0 aromatic heterocycles. The molecule has 1 aromatic rings. The number of hydrogen-bond acceptors (Lipinski definition) is 2. The van der Waals surface area contributed by atoms with Crippen LogP contribution in [-0.4, -0.2) is 20.3 Å². The van der Waals surface area contributed by atoms with Gasteiger partial charge in [0, 0.05) is 27.8 Å². The van der Waals surface area contributed by atoms with Gasteiger partial charge in [-0.25, -0.2) is 0 Å². The number of rotatable bonds is 7. The van der Waals surface area contributed by atoms with Crippen LogP contribution >= 0.6 is 38.5 Å². The molecule has 0 radical (unpaired) electrons. The molecule has 0 heterocycles. The molecule has 0 aliphatic heterocycles. The molecule has 4 heteroatoms. The van der Waals surface area contributed by atoms with Crippen molar-refractivity contribution in [2.45, 2.75) is 25.8 Å². The standard InChI is InChI=1S/C13H19BrINO/c1-3-16-13(5-4-8-17-2)11-9-10(15)6-7-12(11)14/h6-7,9,13,16H,3-5,8H2,1-2H3. The quantitative estimate of drug-likeness (QED) is 0.538. The topological polar surface area (TPSA) is 21.3 Å². The van der Waals surface area contributed by atoms with Crippen LogP contribution in [0, 0.1) is 3.57 Å². The third-order valence-corrected chi connectivity index (χ3v) is 4.02. The van der Waals surface area contributed by atoms with Crippen LogP contribution in [0.2, 0.25) is 0 Å². The summed E-state index contributed by atoms with van der Waals surface area (Å²) in [6.45, 7) is 3.95. The minimum atomic E-state index is 0.402. The Balaban J connectivity index is 2.77. The number of methoxy groups -OCH3 is 1. The van der Waals surface area contributed by atoms with E-state index in [1.165, 1.54) is 13.6 Å². The van der Waals surface area contributed by atoms with E-state index in [-0.39, 0.29) is 0 Å². The highest BCUT2D eigenvalue weighted by atomic mass is 127. The van der Waals surface area contributed by atoms with Gasteiger partial charge >= 0.3 is 0 Å². The summed E-state index contributed by atoms with van der Waals surface area (Å²) in [5, 5.41) is 3.54. The predicted molar refractivity (Wildman–Crippen MR) is 84.4 cm³/mol. The van der Waals surface area contributed by atoms with Crippen molar-refractivity contribution in [3.05, 3.63) is 31.8 Å². The maximum atomic E-state index is 5.12. The van der Waals surface area contributed by atoms with Crippen LogP contribution in [-0.2, 0) is 4.74 Å². The van der Waals surface area contributed by atoms with Gasteiger partial charge in [0.15, 0.2) is 0 Å². The Morgan fingerprint density at radius 1 is 1.47 bits per heavy atom. The molecular formula is C13H19BrINO. The van der Waals surface area contributed by atoms with Crippen molar-refractivity contribution in [1.29, 1.82) is 0 Å². The molecule has 96 valence electrons. The molecule has 1 atom stereocenters. The molecule has 0 fully saturated rings. The van der Waals surface area contributed by atoms with Gasteiger partial charge in [0.2, 0.25) is 0 Å². The van der Waals surface area contributed by atoms with Gasteiger partial charge in [0.1, 0.15) is 0 Å². The molecule has 0 saturated carbocycles. The number of nitrogens with one attached hydrogen (secondary N) is 1. The van der Waals surface area contributed by atoms with Crippen molar-refractivity contribution in [2.24, 2.45) is 0 Å². The number of halogens is 2. The average molecular weight is 412 g/mol. The minimum absolute atomic E-state index is 0.402. The lowest BCUT2D eigenvalue weighted by Crippen LogP contribution is -2.21. The molecule has 0 saturated heterocycles. The Bertz CT molecular complexity index is 346. The SMILES string of the molecule is CCNC(CCCOC)c1cc(I)ccc1Br. The van der Waals surface area contributed by atoms with Crippen LogP contribution in [0.3, 0.4) is 0 Å².